The molecule has 0 aliphatic rings. The zero-order valence-electron chi connectivity index (χ0n) is 10.3. The maximum Gasteiger partial charge on any atom is 0.116 e. The molecule has 2 aromatic carbocycles. The fourth-order valence-electron chi connectivity index (χ4n) is 2.05. The van der Waals surface area contributed by atoms with E-state index in [1.807, 2.05) is 18.2 Å². The molecule has 0 unspecified atom stereocenters. The molecule has 1 heterocycles. The standard InChI is InChI=1S/C15H13N3S/c16-9-11-5-6-14(13-4-2-1-3-12(11)13)19-15-7-8-17-10-18-15/h1-8,10H,9,16H2. The normalized spacial score (nSPS) is 10.8. The largest absolute Gasteiger partial charge is 0.326 e. The van der Waals surface area contributed by atoms with E-state index < -0.39 is 0 Å². The number of benzene rings is 2. The highest BCUT2D eigenvalue weighted by atomic mass is 32.2. The van der Waals surface area contributed by atoms with Crippen LogP contribution < -0.4 is 5.73 Å². The first-order valence-corrected chi connectivity index (χ1v) is 6.84. The first kappa shape index (κ1) is 12.1. The minimum atomic E-state index is 0.555. The number of nitrogens with two attached hydrogens (primary N) is 1. The van der Waals surface area contributed by atoms with Gasteiger partial charge in [0, 0.05) is 17.6 Å². The van der Waals surface area contributed by atoms with E-state index in [-0.39, 0.29) is 0 Å². The molecule has 0 fully saturated rings. The van der Waals surface area contributed by atoms with Crippen molar-refractivity contribution in [1.82, 2.24) is 9.97 Å². The van der Waals surface area contributed by atoms with Crippen LogP contribution >= 0.6 is 11.8 Å². The number of rotatable bonds is 3. The van der Waals surface area contributed by atoms with Gasteiger partial charge in [-0.2, -0.15) is 0 Å². The van der Waals surface area contributed by atoms with Crippen LogP contribution in [0.2, 0.25) is 0 Å². The molecule has 3 aromatic rings. The molecule has 0 aliphatic heterocycles. The van der Waals surface area contributed by atoms with Gasteiger partial charge in [0.2, 0.25) is 0 Å². The van der Waals surface area contributed by atoms with Crippen LogP contribution in [0.4, 0.5) is 0 Å². The number of nitrogens with zero attached hydrogens (tertiary/aromatic N) is 2. The fourth-order valence-corrected chi connectivity index (χ4v) is 2.93. The summed E-state index contributed by atoms with van der Waals surface area (Å²) in [4.78, 5) is 9.37. The molecular weight excluding hydrogens is 254 g/mol. The summed E-state index contributed by atoms with van der Waals surface area (Å²) in [6.45, 7) is 0.555. The third kappa shape index (κ3) is 2.45. The molecule has 2 N–H and O–H groups in total. The number of hydrogen-bond donors (Lipinski definition) is 1. The predicted molar refractivity (Wildman–Crippen MR) is 78.0 cm³/mol. The molecule has 4 heteroatoms. The third-order valence-corrected chi connectivity index (χ3v) is 3.99. The Morgan fingerprint density at radius 2 is 1.84 bits per heavy atom. The second kappa shape index (κ2) is 5.38. The van der Waals surface area contributed by atoms with E-state index in [0.717, 1.165) is 5.03 Å². The van der Waals surface area contributed by atoms with Gasteiger partial charge in [-0.3, -0.25) is 0 Å². The molecule has 0 atom stereocenters. The van der Waals surface area contributed by atoms with E-state index in [1.165, 1.54) is 21.2 Å². The van der Waals surface area contributed by atoms with Crippen molar-refractivity contribution in [2.75, 3.05) is 0 Å². The molecule has 3 rings (SSSR count). The summed E-state index contributed by atoms with van der Waals surface area (Å²) in [6.07, 6.45) is 3.32. The monoisotopic (exact) mass is 267 g/mol. The highest BCUT2D eigenvalue weighted by Gasteiger charge is 2.06. The summed E-state index contributed by atoms with van der Waals surface area (Å²) < 4.78 is 0. The fraction of sp³-hybridized carbons (Fsp3) is 0.0667. The summed E-state index contributed by atoms with van der Waals surface area (Å²) in [5.74, 6) is 0. The van der Waals surface area contributed by atoms with Gasteiger partial charge in [0.05, 0.1) is 0 Å². The number of aromatic nitrogens is 2. The second-order valence-electron chi connectivity index (χ2n) is 4.12. The highest BCUT2D eigenvalue weighted by Crippen LogP contribution is 2.33. The van der Waals surface area contributed by atoms with Crippen molar-refractivity contribution in [3.8, 4) is 0 Å². The summed E-state index contributed by atoms with van der Waals surface area (Å²) >= 11 is 1.64. The Labute approximate surface area is 115 Å². The highest BCUT2D eigenvalue weighted by molar-refractivity contribution is 7.99. The molecule has 1 aromatic heterocycles. The Morgan fingerprint density at radius 1 is 1.00 bits per heavy atom. The van der Waals surface area contributed by atoms with E-state index in [2.05, 4.69) is 34.2 Å². The maximum atomic E-state index is 5.79. The van der Waals surface area contributed by atoms with Gasteiger partial charge in [-0.05, 0) is 28.5 Å². The van der Waals surface area contributed by atoms with Crippen molar-refractivity contribution in [2.45, 2.75) is 16.5 Å². The van der Waals surface area contributed by atoms with Gasteiger partial charge in [0.1, 0.15) is 11.4 Å². The molecule has 0 saturated carbocycles. The van der Waals surface area contributed by atoms with E-state index in [9.17, 15) is 0 Å². The quantitative estimate of drug-likeness (QED) is 0.740. The molecule has 3 nitrogen and oxygen atoms in total. The Bertz CT molecular complexity index is 698. The summed E-state index contributed by atoms with van der Waals surface area (Å²) in [7, 11) is 0. The van der Waals surface area contributed by atoms with Crippen molar-refractivity contribution in [2.24, 2.45) is 5.73 Å². The molecule has 94 valence electrons. The van der Waals surface area contributed by atoms with Crippen molar-refractivity contribution >= 4 is 22.5 Å². The first-order chi connectivity index (χ1) is 9.38. The van der Waals surface area contributed by atoms with Gasteiger partial charge in [-0.1, -0.05) is 42.1 Å². The van der Waals surface area contributed by atoms with Gasteiger partial charge >= 0.3 is 0 Å². The summed E-state index contributed by atoms with van der Waals surface area (Å²) in [6, 6.07) is 14.4. The molecule has 0 spiro atoms. The van der Waals surface area contributed by atoms with Gasteiger partial charge in [0.25, 0.3) is 0 Å². The van der Waals surface area contributed by atoms with Crippen LogP contribution in [0.1, 0.15) is 5.56 Å². The predicted octanol–water partition coefficient (Wildman–Crippen LogP) is 3.24. The van der Waals surface area contributed by atoms with E-state index >= 15 is 0 Å². The lowest BCUT2D eigenvalue weighted by molar-refractivity contribution is 1.05. The van der Waals surface area contributed by atoms with Crippen LogP contribution in [0.3, 0.4) is 0 Å². The minimum absolute atomic E-state index is 0.555. The topological polar surface area (TPSA) is 51.8 Å². The van der Waals surface area contributed by atoms with Crippen molar-refractivity contribution in [3.05, 3.63) is 60.6 Å². The van der Waals surface area contributed by atoms with Gasteiger partial charge in [-0.25, -0.2) is 9.97 Å². The zero-order valence-corrected chi connectivity index (χ0v) is 11.1. The van der Waals surface area contributed by atoms with E-state index in [1.54, 1.807) is 24.3 Å². The van der Waals surface area contributed by atoms with Crippen LogP contribution in [0.5, 0.6) is 0 Å². The Morgan fingerprint density at radius 3 is 2.58 bits per heavy atom. The molecular formula is C15H13N3S. The smallest absolute Gasteiger partial charge is 0.116 e. The average molecular weight is 267 g/mol. The molecule has 19 heavy (non-hydrogen) atoms. The first-order valence-electron chi connectivity index (χ1n) is 6.03. The number of fused-ring (bicyclic) bond motifs is 1. The van der Waals surface area contributed by atoms with Crippen molar-refractivity contribution < 1.29 is 0 Å². The number of hydrogen-bond acceptors (Lipinski definition) is 4. The lowest BCUT2D eigenvalue weighted by Crippen LogP contribution is -1.97. The van der Waals surface area contributed by atoms with Crippen LogP contribution in [0.25, 0.3) is 10.8 Å². The van der Waals surface area contributed by atoms with Gasteiger partial charge in [-0.15, -0.1) is 0 Å². The average Bonchev–Trinajstić information content (AvgIpc) is 2.49. The van der Waals surface area contributed by atoms with Crippen LogP contribution in [-0.2, 0) is 6.54 Å². The molecule has 0 amide bonds. The Balaban J connectivity index is 2.10. The third-order valence-electron chi connectivity index (χ3n) is 2.96. The van der Waals surface area contributed by atoms with E-state index in [0.29, 0.717) is 6.54 Å². The van der Waals surface area contributed by atoms with Crippen molar-refractivity contribution in [3.63, 3.8) is 0 Å². The Hall–Kier alpha value is -1.91. The second-order valence-corrected chi connectivity index (χ2v) is 5.18. The lowest BCUT2D eigenvalue weighted by Gasteiger charge is -2.09. The summed E-state index contributed by atoms with van der Waals surface area (Å²) in [5.41, 5.74) is 6.96. The lowest BCUT2D eigenvalue weighted by atomic mass is 10.0. The zero-order chi connectivity index (χ0) is 13.1. The van der Waals surface area contributed by atoms with E-state index in [4.69, 9.17) is 5.73 Å². The maximum absolute atomic E-state index is 5.79. The molecule has 0 radical (unpaired) electrons. The molecule has 0 saturated heterocycles. The van der Waals surface area contributed by atoms with Crippen molar-refractivity contribution in [1.29, 1.82) is 0 Å². The Kier molecular flexibility index (Phi) is 3.44. The van der Waals surface area contributed by atoms with Gasteiger partial charge < -0.3 is 5.73 Å². The SMILES string of the molecule is NCc1ccc(Sc2ccncn2)c2ccccc12. The van der Waals surface area contributed by atoms with Crippen LogP contribution in [-0.4, -0.2) is 9.97 Å². The van der Waals surface area contributed by atoms with Crippen LogP contribution in [0.15, 0.2) is 64.9 Å². The van der Waals surface area contributed by atoms with Crippen LogP contribution in [0, 0.1) is 0 Å². The molecule has 0 bridgehead atoms. The summed E-state index contributed by atoms with van der Waals surface area (Å²) in [5, 5.41) is 3.37. The minimum Gasteiger partial charge on any atom is -0.326 e. The molecule has 0 aliphatic carbocycles. The van der Waals surface area contributed by atoms with Gasteiger partial charge in [0.15, 0.2) is 0 Å².